The van der Waals surface area contributed by atoms with Gasteiger partial charge in [0.15, 0.2) is 11.4 Å². The summed E-state index contributed by atoms with van der Waals surface area (Å²) in [4.78, 5) is 26.6. The van der Waals surface area contributed by atoms with E-state index in [2.05, 4.69) is 43.8 Å². The van der Waals surface area contributed by atoms with E-state index < -0.39 is 20.1 Å². The van der Waals surface area contributed by atoms with Gasteiger partial charge in [-0.3, -0.25) is 4.79 Å². The Kier molecular flexibility index (Phi) is 14.8. The highest BCUT2D eigenvalue weighted by Gasteiger charge is 2.55. The Morgan fingerprint density at radius 3 is 2.18 bits per heavy atom. The molecule has 0 bridgehead atoms. The molecule has 9 nitrogen and oxygen atoms in total. The highest BCUT2D eigenvalue weighted by atomic mass is 35.5. The molecule has 0 saturated carbocycles. The van der Waals surface area contributed by atoms with Gasteiger partial charge >= 0.3 is 5.97 Å². The highest BCUT2D eigenvalue weighted by molar-refractivity contribution is 7.44. The maximum Gasteiger partial charge on any atom is 0.340 e. The van der Waals surface area contributed by atoms with Crippen LogP contribution in [0, 0.1) is 32.1 Å². The Balaban J connectivity index is 1.23. The van der Waals surface area contributed by atoms with E-state index in [0.29, 0.717) is 70.8 Å². The minimum Gasteiger partial charge on any atom is -0.455 e. The van der Waals surface area contributed by atoms with Gasteiger partial charge in [0.05, 0.1) is 46.3 Å². The van der Waals surface area contributed by atoms with E-state index in [0.717, 1.165) is 47.9 Å². The van der Waals surface area contributed by atoms with E-state index in [1.54, 1.807) is 12.1 Å². The maximum absolute atomic E-state index is 13.5. The monoisotopic (exact) mass is 849 g/mol. The van der Waals surface area contributed by atoms with Crippen LogP contribution < -0.4 is 10.1 Å². The first-order valence-electron chi connectivity index (χ1n) is 18.6. The molecular weight excluding hydrogens is 803 g/mol. The van der Waals surface area contributed by atoms with Crippen molar-refractivity contribution in [3.05, 3.63) is 88.9 Å². The number of nitrogens with one attached hydrogen (secondary N) is 1. The number of benzene rings is 3. The molecular formula is C41H48Cl4N3O6P. The molecule has 0 fully saturated rings. The van der Waals surface area contributed by atoms with Gasteiger partial charge in [-0.15, -0.1) is 0 Å². The van der Waals surface area contributed by atoms with Gasteiger partial charge in [-0.25, -0.2) is 9.46 Å². The van der Waals surface area contributed by atoms with Crippen LogP contribution in [0.2, 0.25) is 20.1 Å². The summed E-state index contributed by atoms with van der Waals surface area (Å²) in [6.45, 7) is 15.6. The van der Waals surface area contributed by atoms with Gasteiger partial charge in [0.2, 0.25) is 5.91 Å². The van der Waals surface area contributed by atoms with E-state index in [4.69, 9.17) is 70.2 Å². The van der Waals surface area contributed by atoms with Crippen LogP contribution in [0.25, 0.3) is 0 Å². The molecule has 14 heteroatoms. The Morgan fingerprint density at radius 2 is 1.49 bits per heavy atom. The average Bonchev–Trinajstić information content (AvgIpc) is 3.40. The van der Waals surface area contributed by atoms with Crippen molar-refractivity contribution in [2.24, 2.45) is 0 Å². The number of ether oxygens (including phenoxy) is 2. The van der Waals surface area contributed by atoms with Gasteiger partial charge in [0, 0.05) is 46.8 Å². The van der Waals surface area contributed by atoms with Crippen molar-refractivity contribution >= 4 is 66.8 Å². The summed E-state index contributed by atoms with van der Waals surface area (Å²) >= 11 is 26.7. The summed E-state index contributed by atoms with van der Waals surface area (Å²) < 4.78 is 27.2. The summed E-state index contributed by atoms with van der Waals surface area (Å²) in [6, 6.07) is 9.47. The largest absolute Gasteiger partial charge is 0.455 e. The molecule has 0 radical (unpaired) electrons. The number of hydrogen-bond donors (Lipinski definition) is 1. The van der Waals surface area contributed by atoms with Gasteiger partial charge in [0.25, 0.3) is 8.53 Å². The van der Waals surface area contributed by atoms with Gasteiger partial charge in [-0.2, -0.15) is 5.26 Å². The first-order chi connectivity index (χ1) is 26.1. The van der Waals surface area contributed by atoms with Crippen LogP contribution in [0.5, 0.6) is 11.5 Å². The van der Waals surface area contributed by atoms with Crippen LogP contribution in [0.4, 0.5) is 0 Å². The molecule has 3 aromatic carbocycles. The van der Waals surface area contributed by atoms with E-state index in [9.17, 15) is 9.59 Å². The van der Waals surface area contributed by atoms with E-state index >= 15 is 0 Å². The lowest BCUT2D eigenvalue weighted by Crippen LogP contribution is -2.34. The minimum absolute atomic E-state index is 0.0764. The van der Waals surface area contributed by atoms with E-state index in [1.165, 1.54) is 6.07 Å². The fourth-order valence-corrected chi connectivity index (χ4v) is 9.62. The number of hydrogen-bond acceptors (Lipinski definition) is 8. The number of esters is 1. The lowest BCUT2D eigenvalue weighted by molar-refractivity contribution is -0.121. The predicted molar refractivity (Wildman–Crippen MR) is 220 cm³/mol. The van der Waals surface area contributed by atoms with Crippen molar-refractivity contribution < 1.29 is 28.1 Å². The SMILES string of the molecule is Cc1c(Cl)cc2c(c1C)Oc1c(cc(CCC(=O)NCCCCCCOP(OCCC#N)N(C(C)C)C(C)C)c(C)c1Cl)C21OC(=O)c2cc(Cl)c(Cl)cc21. The number of rotatable bonds is 17. The Morgan fingerprint density at radius 1 is 0.855 bits per heavy atom. The zero-order chi connectivity index (χ0) is 40.2. The Hall–Kier alpha value is -2.64. The number of unbranched alkanes of at least 4 members (excludes halogenated alkanes) is 3. The van der Waals surface area contributed by atoms with Gasteiger partial charge < -0.3 is 23.8 Å². The van der Waals surface area contributed by atoms with Crippen molar-refractivity contribution in [2.75, 3.05) is 19.8 Å². The molecule has 296 valence electrons. The predicted octanol–water partition coefficient (Wildman–Crippen LogP) is 11.7. The zero-order valence-corrected chi connectivity index (χ0v) is 36.3. The molecule has 3 aromatic rings. The average molecular weight is 852 g/mol. The Bertz CT molecular complexity index is 1980. The van der Waals surface area contributed by atoms with E-state index in [-0.39, 0.29) is 40.0 Å². The number of halogens is 4. The summed E-state index contributed by atoms with van der Waals surface area (Å²) in [7, 11) is -1.25. The smallest absolute Gasteiger partial charge is 0.340 e. The van der Waals surface area contributed by atoms with Gasteiger partial charge in [0.1, 0.15) is 5.75 Å². The second-order valence-corrected chi connectivity index (χ2v) is 17.5. The van der Waals surface area contributed by atoms with Crippen molar-refractivity contribution in [3.63, 3.8) is 0 Å². The highest BCUT2D eigenvalue weighted by Crippen LogP contribution is 2.60. The number of carbonyl (C=O) groups is 2. The summed E-state index contributed by atoms with van der Waals surface area (Å²) in [5, 5.41) is 13.3. The van der Waals surface area contributed by atoms with Crippen molar-refractivity contribution in [2.45, 2.75) is 111 Å². The lowest BCUT2D eigenvalue weighted by atomic mass is 9.75. The molecule has 55 heavy (non-hydrogen) atoms. The topological polar surface area (TPSA) is 110 Å². The first-order valence-corrected chi connectivity index (χ1v) is 21.3. The van der Waals surface area contributed by atoms with Crippen LogP contribution in [-0.2, 0) is 30.6 Å². The molecule has 1 N–H and O–H groups in total. The third kappa shape index (κ3) is 9.09. The molecule has 5 rings (SSSR count). The van der Waals surface area contributed by atoms with Crippen molar-refractivity contribution in [1.82, 2.24) is 9.99 Å². The van der Waals surface area contributed by atoms with Crippen LogP contribution in [-0.4, -0.2) is 48.4 Å². The molecule has 0 aromatic heterocycles. The van der Waals surface area contributed by atoms with Crippen molar-refractivity contribution in [1.29, 1.82) is 5.26 Å². The van der Waals surface area contributed by atoms with Gasteiger partial charge in [-0.1, -0.05) is 59.2 Å². The van der Waals surface area contributed by atoms with E-state index in [1.807, 2.05) is 26.8 Å². The molecule has 2 aliphatic rings. The molecule has 2 aliphatic heterocycles. The number of amides is 1. The number of carbonyl (C=O) groups excluding carboxylic acids is 2. The van der Waals surface area contributed by atoms with Crippen LogP contribution >= 0.6 is 54.9 Å². The zero-order valence-electron chi connectivity index (χ0n) is 32.3. The number of aryl methyl sites for hydroxylation is 1. The van der Waals surface area contributed by atoms with Gasteiger partial charge in [-0.05, 0) is 114 Å². The number of nitrogens with zero attached hydrogens (tertiary/aromatic N) is 2. The third-order valence-electron chi connectivity index (χ3n) is 10.1. The minimum atomic E-state index is -1.47. The fourth-order valence-electron chi connectivity index (χ4n) is 7.15. The summed E-state index contributed by atoms with van der Waals surface area (Å²) in [6.07, 6.45) is 4.56. The summed E-state index contributed by atoms with van der Waals surface area (Å²) in [5.41, 5.74) is 3.56. The Labute approximate surface area is 345 Å². The molecule has 0 aliphatic carbocycles. The normalized spacial score (nSPS) is 16.2. The fraction of sp³-hybridized carbons (Fsp3) is 0.488. The third-order valence-corrected chi connectivity index (χ3v) is 13.8. The van der Waals surface area contributed by atoms with Crippen LogP contribution in [0.1, 0.15) is 116 Å². The lowest BCUT2D eigenvalue weighted by Gasteiger charge is -2.38. The molecule has 0 saturated heterocycles. The first kappa shape index (κ1) is 43.5. The van der Waals surface area contributed by atoms with Crippen LogP contribution in [0.15, 0.2) is 24.3 Å². The molecule has 1 spiro atoms. The molecule has 1 amide bonds. The summed E-state index contributed by atoms with van der Waals surface area (Å²) in [5.74, 6) is 0.216. The maximum atomic E-state index is 13.5. The van der Waals surface area contributed by atoms with Crippen LogP contribution in [0.3, 0.4) is 0 Å². The molecule has 2 atom stereocenters. The quantitative estimate of drug-likeness (QED) is 0.0812. The number of nitriles is 1. The van der Waals surface area contributed by atoms with Crippen molar-refractivity contribution in [3.8, 4) is 17.6 Å². The molecule has 2 unspecified atom stereocenters. The number of fused-ring (bicyclic) bond motifs is 6. The second kappa shape index (κ2) is 18.7. The standard InChI is InChI=1S/C41H48Cl4N3O6P/c1-23(2)48(24(3)4)55(52-18-12-15-46)51-17-11-9-8-10-16-47-36(49)14-13-28-19-31-39(37(45)27(28)7)53-38-26(6)25(5)33(42)22-32(38)41(31)30-21-35(44)34(43)20-29(30)40(50)54-41/h19-24H,8-14,16-18H2,1-7H3,(H,47,49). The molecule has 2 heterocycles. The second-order valence-electron chi connectivity index (χ2n) is 14.5.